The molecular formula is C23H41N3S. The van der Waals surface area contributed by atoms with Crippen LogP contribution in [0.5, 0.6) is 0 Å². The number of hydrogen-bond acceptors (Lipinski definition) is 2. The molecule has 4 heteroatoms. The number of nitrogens with two attached hydrogens (primary N) is 2. The Bertz CT molecular complexity index is 481. The zero-order chi connectivity index (χ0) is 19.6. The van der Waals surface area contributed by atoms with E-state index in [2.05, 4.69) is 24.0 Å². The average Bonchev–Trinajstić information content (AvgIpc) is 2.66. The van der Waals surface area contributed by atoms with Gasteiger partial charge in [-0.1, -0.05) is 90.4 Å². The molecule has 1 rings (SSSR count). The van der Waals surface area contributed by atoms with Crippen LogP contribution in [0.2, 0.25) is 0 Å². The highest BCUT2D eigenvalue weighted by Crippen LogP contribution is 2.23. The summed E-state index contributed by atoms with van der Waals surface area (Å²) in [6.07, 6.45) is 19.8. The van der Waals surface area contributed by atoms with Gasteiger partial charge in [-0.2, -0.15) is 0 Å². The maximum absolute atomic E-state index is 5.38. The van der Waals surface area contributed by atoms with Gasteiger partial charge < -0.3 is 11.5 Å². The van der Waals surface area contributed by atoms with Gasteiger partial charge in [0.1, 0.15) is 0 Å². The lowest BCUT2D eigenvalue weighted by molar-refractivity contribution is 0.538. The molecule has 0 amide bonds. The van der Waals surface area contributed by atoms with E-state index in [4.69, 9.17) is 11.5 Å². The minimum Gasteiger partial charge on any atom is -0.370 e. The molecule has 0 aliphatic carbocycles. The number of aliphatic imine (C=N–C) groups is 1. The number of benzene rings is 1. The highest BCUT2D eigenvalue weighted by molar-refractivity contribution is 7.99. The summed E-state index contributed by atoms with van der Waals surface area (Å²) in [5.41, 5.74) is 11.6. The standard InChI is InChI=1S/C23H41N3S/c1-2-3-4-5-6-7-8-9-10-11-12-13-14-15-20-27-22-18-16-21(17-19-22)26-23(24)25/h16-19H,2-15,20H2,1H3,(H4,24,25,26). The van der Waals surface area contributed by atoms with Crippen LogP contribution >= 0.6 is 11.8 Å². The maximum atomic E-state index is 5.38. The molecule has 0 aliphatic rings. The number of guanidine groups is 1. The van der Waals surface area contributed by atoms with Crippen LogP contribution in [-0.4, -0.2) is 11.7 Å². The summed E-state index contributed by atoms with van der Waals surface area (Å²) >= 11 is 1.92. The highest BCUT2D eigenvalue weighted by atomic mass is 32.2. The van der Waals surface area contributed by atoms with Gasteiger partial charge in [-0.3, -0.25) is 0 Å². The van der Waals surface area contributed by atoms with Crippen molar-refractivity contribution in [2.24, 2.45) is 16.5 Å². The second-order valence-electron chi connectivity index (χ2n) is 7.48. The smallest absolute Gasteiger partial charge is 0.191 e. The molecule has 0 radical (unpaired) electrons. The first-order valence-electron chi connectivity index (χ1n) is 11.0. The maximum Gasteiger partial charge on any atom is 0.191 e. The number of thioether (sulfide) groups is 1. The van der Waals surface area contributed by atoms with E-state index in [0.717, 1.165) is 5.69 Å². The minimum absolute atomic E-state index is 0.109. The Kier molecular flexibility index (Phi) is 15.0. The van der Waals surface area contributed by atoms with Gasteiger partial charge in [0.15, 0.2) is 5.96 Å². The second-order valence-corrected chi connectivity index (χ2v) is 8.64. The lowest BCUT2D eigenvalue weighted by Crippen LogP contribution is -2.21. The zero-order valence-electron chi connectivity index (χ0n) is 17.4. The predicted octanol–water partition coefficient (Wildman–Crippen LogP) is 7.16. The van der Waals surface area contributed by atoms with Crippen LogP contribution in [0.15, 0.2) is 34.2 Å². The number of hydrogen-bond donors (Lipinski definition) is 2. The fourth-order valence-electron chi connectivity index (χ4n) is 3.25. The van der Waals surface area contributed by atoms with Crippen molar-refractivity contribution in [3.8, 4) is 0 Å². The third kappa shape index (κ3) is 14.6. The van der Waals surface area contributed by atoms with Crippen LogP contribution in [0.25, 0.3) is 0 Å². The van der Waals surface area contributed by atoms with Crippen LogP contribution < -0.4 is 11.5 Å². The van der Waals surface area contributed by atoms with Crippen LogP contribution in [0, 0.1) is 0 Å². The van der Waals surface area contributed by atoms with Crippen LogP contribution in [0.4, 0.5) is 5.69 Å². The second kappa shape index (κ2) is 17.0. The van der Waals surface area contributed by atoms with Gasteiger partial charge in [-0.05, 0) is 36.4 Å². The number of nitrogens with zero attached hydrogens (tertiary/aromatic N) is 1. The normalized spacial score (nSPS) is 10.9. The summed E-state index contributed by atoms with van der Waals surface area (Å²) in [6.45, 7) is 2.29. The minimum atomic E-state index is 0.109. The molecule has 1 aromatic carbocycles. The molecule has 0 unspecified atom stereocenters. The SMILES string of the molecule is CCCCCCCCCCCCCCCCSc1ccc(N=C(N)N)cc1. The predicted molar refractivity (Wildman–Crippen MR) is 123 cm³/mol. The molecule has 0 saturated heterocycles. The summed E-state index contributed by atoms with van der Waals surface area (Å²) in [4.78, 5) is 5.33. The molecule has 0 bridgehead atoms. The highest BCUT2D eigenvalue weighted by Gasteiger charge is 1.97. The Morgan fingerprint density at radius 3 is 1.59 bits per heavy atom. The Hall–Kier alpha value is -1.16. The zero-order valence-corrected chi connectivity index (χ0v) is 18.2. The molecule has 27 heavy (non-hydrogen) atoms. The van der Waals surface area contributed by atoms with Crippen molar-refractivity contribution in [1.29, 1.82) is 0 Å². The molecule has 0 atom stereocenters. The van der Waals surface area contributed by atoms with Crippen molar-refractivity contribution in [3.05, 3.63) is 24.3 Å². The van der Waals surface area contributed by atoms with Gasteiger partial charge in [0.2, 0.25) is 0 Å². The van der Waals surface area contributed by atoms with E-state index in [1.807, 2.05) is 23.9 Å². The summed E-state index contributed by atoms with van der Waals surface area (Å²) in [6, 6.07) is 8.12. The third-order valence-corrected chi connectivity index (χ3v) is 5.96. The van der Waals surface area contributed by atoms with Crippen molar-refractivity contribution >= 4 is 23.4 Å². The van der Waals surface area contributed by atoms with Gasteiger partial charge in [0.05, 0.1) is 5.69 Å². The van der Waals surface area contributed by atoms with Crippen molar-refractivity contribution in [3.63, 3.8) is 0 Å². The van der Waals surface area contributed by atoms with Crippen LogP contribution in [0.1, 0.15) is 96.8 Å². The van der Waals surface area contributed by atoms with Crippen molar-refractivity contribution in [2.45, 2.75) is 102 Å². The molecular weight excluding hydrogens is 350 g/mol. The Morgan fingerprint density at radius 2 is 1.15 bits per heavy atom. The molecule has 0 aliphatic heterocycles. The van der Waals surface area contributed by atoms with E-state index >= 15 is 0 Å². The first kappa shape index (κ1) is 23.9. The van der Waals surface area contributed by atoms with E-state index in [1.165, 1.54) is 101 Å². The lowest BCUT2D eigenvalue weighted by Gasteiger charge is -2.04. The molecule has 0 spiro atoms. The molecule has 0 heterocycles. The van der Waals surface area contributed by atoms with Gasteiger partial charge in [0.25, 0.3) is 0 Å². The Labute approximate surface area is 171 Å². The molecule has 0 fully saturated rings. The fraction of sp³-hybridized carbons (Fsp3) is 0.696. The van der Waals surface area contributed by atoms with E-state index < -0.39 is 0 Å². The molecule has 0 aromatic heterocycles. The molecule has 4 N–H and O–H groups in total. The lowest BCUT2D eigenvalue weighted by atomic mass is 10.0. The molecule has 1 aromatic rings. The van der Waals surface area contributed by atoms with Gasteiger partial charge >= 0.3 is 0 Å². The third-order valence-electron chi connectivity index (χ3n) is 4.86. The van der Waals surface area contributed by atoms with E-state index in [9.17, 15) is 0 Å². The van der Waals surface area contributed by atoms with Gasteiger partial charge in [-0.25, -0.2) is 4.99 Å². The van der Waals surface area contributed by atoms with Crippen LogP contribution in [-0.2, 0) is 0 Å². The Balaban J connectivity index is 1.86. The van der Waals surface area contributed by atoms with Crippen molar-refractivity contribution < 1.29 is 0 Å². The van der Waals surface area contributed by atoms with Crippen molar-refractivity contribution in [1.82, 2.24) is 0 Å². The largest absolute Gasteiger partial charge is 0.370 e. The summed E-state index contributed by atoms with van der Waals surface area (Å²) in [5, 5.41) is 0. The molecule has 3 nitrogen and oxygen atoms in total. The van der Waals surface area contributed by atoms with Crippen molar-refractivity contribution in [2.75, 3.05) is 5.75 Å². The summed E-state index contributed by atoms with van der Waals surface area (Å²) in [5.74, 6) is 1.30. The first-order chi connectivity index (χ1) is 13.2. The number of unbranched alkanes of at least 4 members (excludes halogenated alkanes) is 13. The van der Waals surface area contributed by atoms with E-state index in [1.54, 1.807) is 0 Å². The van der Waals surface area contributed by atoms with E-state index in [0.29, 0.717) is 0 Å². The monoisotopic (exact) mass is 391 g/mol. The number of rotatable bonds is 17. The van der Waals surface area contributed by atoms with Crippen LogP contribution in [0.3, 0.4) is 0 Å². The summed E-state index contributed by atoms with van der Waals surface area (Å²) < 4.78 is 0. The average molecular weight is 392 g/mol. The van der Waals surface area contributed by atoms with Gasteiger partial charge in [-0.15, -0.1) is 11.8 Å². The fourth-order valence-corrected chi connectivity index (χ4v) is 4.17. The Morgan fingerprint density at radius 1 is 0.704 bits per heavy atom. The quantitative estimate of drug-likeness (QED) is 0.128. The molecule has 154 valence electrons. The summed E-state index contributed by atoms with van der Waals surface area (Å²) in [7, 11) is 0. The molecule has 0 saturated carbocycles. The van der Waals surface area contributed by atoms with Gasteiger partial charge in [0, 0.05) is 4.90 Å². The first-order valence-corrected chi connectivity index (χ1v) is 12.0. The van der Waals surface area contributed by atoms with E-state index in [-0.39, 0.29) is 5.96 Å². The topological polar surface area (TPSA) is 64.4 Å².